The minimum atomic E-state index is -1.10. The molecule has 0 heterocycles. The lowest BCUT2D eigenvalue weighted by Crippen LogP contribution is -2.00. The standard InChI is InChI=1S/C24H35NO2/c1-2-3-4-5-6-7-8-9-10-11-12-13-14-21-25-23-18-15-22(16-19-23)17-20-24(26)27/h11-12,15-16,18-19,25H,2-10,13-14,21H2,1H3,(H,26,27). The van der Waals surface area contributed by atoms with Gasteiger partial charge in [-0.1, -0.05) is 69.9 Å². The molecule has 0 fully saturated rings. The van der Waals surface area contributed by atoms with E-state index in [0.29, 0.717) is 5.56 Å². The third-order valence-corrected chi connectivity index (χ3v) is 4.47. The van der Waals surface area contributed by atoms with Crippen LogP contribution in [0.15, 0.2) is 36.4 Å². The number of rotatable bonds is 14. The number of carboxylic acids is 1. The highest BCUT2D eigenvalue weighted by Gasteiger charge is 1.93. The molecule has 27 heavy (non-hydrogen) atoms. The van der Waals surface area contributed by atoms with Crippen LogP contribution < -0.4 is 5.32 Å². The highest BCUT2D eigenvalue weighted by molar-refractivity contribution is 5.87. The summed E-state index contributed by atoms with van der Waals surface area (Å²) in [5.41, 5.74) is 1.76. The molecule has 0 saturated heterocycles. The van der Waals surface area contributed by atoms with E-state index in [4.69, 9.17) is 5.11 Å². The Morgan fingerprint density at radius 1 is 0.926 bits per heavy atom. The van der Waals surface area contributed by atoms with Crippen LogP contribution in [0.5, 0.6) is 0 Å². The van der Waals surface area contributed by atoms with Gasteiger partial charge < -0.3 is 10.4 Å². The van der Waals surface area contributed by atoms with Crippen LogP contribution in [0.4, 0.5) is 5.69 Å². The van der Waals surface area contributed by atoms with E-state index < -0.39 is 5.97 Å². The quantitative estimate of drug-likeness (QED) is 0.226. The molecule has 0 spiro atoms. The molecule has 3 nitrogen and oxygen atoms in total. The van der Waals surface area contributed by atoms with Crippen molar-refractivity contribution < 1.29 is 9.90 Å². The second-order valence-electron chi connectivity index (χ2n) is 6.94. The first-order chi connectivity index (χ1) is 13.2. The van der Waals surface area contributed by atoms with Gasteiger partial charge in [-0.15, -0.1) is 0 Å². The summed E-state index contributed by atoms with van der Waals surface area (Å²) in [6.45, 7) is 3.20. The Labute approximate surface area is 165 Å². The maximum Gasteiger partial charge on any atom is 0.382 e. The Morgan fingerprint density at radius 3 is 2.15 bits per heavy atom. The molecule has 0 unspecified atom stereocenters. The number of carboxylic acid groups (broad SMARTS) is 1. The van der Waals surface area contributed by atoms with Crippen molar-refractivity contribution in [1.82, 2.24) is 0 Å². The van der Waals surface area contributed by atoms with Crippen LogP contribution in [0.3, 0.4) is 0 Å². The van der Waals surface area contributed by atoms with Gasteiger partial charge in [-0.05, 0) is 49.9 Å². The van der Waals surface area contributed by atoms with Crippen molar-refractivity contribution in [3.8, 4) is 11.8 Å². The highest BCUT2D eigenvalue weighted by Crippen LogP contribution is 2.11. The van der Waals surface area contributed by atoms with Gasteiger partial charge in [0.15, 0.2) is 0 Å². The summed E-state index contributed by atoms with van der Waals surface area (Å²) in [5, 5.41) is 11.9. The first-order valence-corrected chi connectivity index (χ1v) is 10.5. The average molecular weight is 370 g/mol. The number of hydrogen-bond acceptors (Lipinski definition) is 2. The van der Waals surface area contributed by atoms with Crippen LogP contribution in [-0.2, 0) is 4.79 Å². The van der Waals surface area contributed by atoms with E-state index in [1.807, 2.05) is 24.3 Å². The molecule has 2 N–H and O–H groups in total. The molecule has 1 aromatic carbocycles. The van der Waals surface area contributed by atoms with Gasteiger partial charge in [-0.25, -0.2) is 4.79 Å². The van der Waals surface area contributed by atoms with Crippen molar-refractivity contribution in [2.75, 3.05) is 11.9 Å². The second kappa shape index (κ2) is 16.0. The fourth-order valence-corrected chi connectivity index (χ4v) is 2.88. The predicted octanol–water partition coefficient (Wildman–Crippen LogP) is 6.40. The Morgan fingerprint density at radius 2 is 1.52 bits per heavy atom. The van der Waals surface area contributed by atoms with Gasteiger partial charge in [0.2, 0.25) is 0 Å². The zero-order valence-corrected chi connectivity index (χ0v) is 16.8. The van der Waals surface area contributed by atoms with Gasteiger partial charge in [0, 0.05) is 23.7 Å². The number of benzene rings is 1. The maximum atomic E-state index is 10.4. The summed E-state index contributed by atoms with van der Waals surface area (Å²) >= 11 is 0. The number of carbonyl (C=O) groups is 1. The molecule has 0 aromatic heterocycles. The summed E-state index contributed by atoms with van der Waals surface area (Å²) in [7, 11) is 0. The van der Waals surface area contributed by atoms with Crippen LogP contribution in [0.2, 0.25) is 0 Å². The molecule has 0 radical (unpaired) electrons. The van der Waals surface area contributed by atoms with E-state index in [0.717, 1.165) is 25.1 Å². The van der Waals surface area contributed by atoms with Gasteiger partial charge in [0.1, 0.15) is 0 Å². The zero-order valence-electron chi connectivity index (χ0n) is 16.8. The van der Waals surface area contributed by atoms with E-state index >= 15 is 0 Å². The van der Waals surface area contributed by atoms with Gasteiger partial charge >= 0.3 is 5.97 Å². The van der Waals surface area contributed by atoms with Crippen molar-refractivity contribution in [2.45, 2.75) is 77.6 Å². The fourth-order valence-electron chi connectivity index (χ4n) is 2.88. The van der Waals surface area contributed by atoms with E-state index in [1.165, 1.54) is 57.8 Å². The second-order valence-corrected chi connectivity index (χ2v) is 6.94. The highest BCUT2D eigenvalue weighted by atomic mass is 16.4. The van der Waals surface area contributed by atoms with Gasteiger partial charge in [-0.3, -0.25) is 0 Å². The lowest BCUT2D eigenvalue weighted by Gasteiger charge is -2.05. The predicted molar refractivity (Wildman–Crippen MR) is 115 cm³/mol. The SMILES string of the molecule is CCCCCCCCCCC=CCCCNc1ccc(C#CC(=O)O)cc1. The fraction of sp³-hybridized carbons (Fsp3) is 0.542. The number of aliphatic carboxylic acids is 1. The van der Waals surface area contributed by atoms with Crippen molar-refractivity contribution in [2.24, 2.45) is 0 Å². The Balaban J connectivity index is 1.98. The molecule has 0 aliphatic heterocycles. The summed E-state index contributed by atoms with van der Waals surface area (Å²) in [4.78, 5) is 10.4. The van der Waals surface area contributed by atoms with E-state index in [1.54, 1.807) is 0 Å². The first-order valence-electron chi connectivity index (χ1n) is 10.5. The third-order valence-electron chi connectivity index (χ3n) is 4.47. The summed E-state index contributed by atoms with van der Waals surface area (Å²) in [6, 6.07) is 7.54. The van der Waals surface area contributed by atoms with Crippen molar-refractivity contribution in [3.63, 3.8) is 0 Å². The Hall–Kier alpha value is -2.21. The molecule has 148 valence electrons. The maximum absolute atomic E-state index is 10.4. The van der Waals surface area contributed by atoms with Crippen molar-refractivity contribution >= 4 is 11.7 Å². The van der Waals surface area contributed by atoms with Crippen LogP contribution >= 0.6 is 0 Å². The third kappa shape index (κ3) is 13.6. The van der Waals surface area contributed by atoms with Crippen LogP contribution in [0.1, 0.15) is 83.1 Å². The molecule has 0 saturated carbocycles. The molecule has 1 aromatic rings. The molecule has 0 aliphatic rings. The normalized spacial score (nSPS) is 10.6. The topological polar surface area (TPSA) is 49.3 Å². The average Bonchev–Trinajstić information content (AvgIpc) is 2.67. The molecule has 0 bridgehead atoms. The lowest BCUT2D eigenvalue weighted by molar-refractivity contribution is -0.130. The zero-order chi connectivity index (χ0) is 19.6. The number of hydrogen-bond donors (Lipinski definition) is 2. The summed E-state index contributed by atoms with van der Waals surface area (Å²) in [6.07, 6.45) is 19.1. The number of allylic oxidation sites excluding steroid dienone is 2. The molecular formula is C24H35NO2. The summed E-state index contributed by atoms with van der Waals surface area (Å²) < 4.78 is 0. The Kier molecular flexibility index (Phi) is 13.5. The monoisotopic (exact) mass is 369 g/mol. The molecule has 0 atom stereocenters. The van der Waals surface area contributed by atoms with Gasteiger partial charge in [0.25, 0.3) is 0 Å². The lowest BCUT2D eigenvalue weighted by atomic mass is 10.1. The number of anilines is 1. The molecule has 1 rings (SSSR count). The smallest absolute Gasteiger partial charge is 0.382 e. The van der Waals surface area contributed by atoms with E-state index in [9.17, 15) is 4.79 Å². The molecule has 0 amide bonds. The van der Waals surface area contributed by atoms with E-state index in [2.05, 4.69) is 36.2 Å². The van der Waals surface area contributed by atoms with Gasteiger partial charge in [0.05, 0.1) is 0 Å². The molecule has 3 heteroatoms. The van der Waals surface area contributed by atoms with Gasteiger partial charge in [-0.2, -0.15) is 0 Å². The number of unbranched alkanes of at least 4 members (excludes halogenated alkanes) is 9. The Bertz CT molecular complexity index is 593. The minimum absolute atomic E-state index is 0.715. The number of nitrogens with one attached hydrogen (secondary N) is 1. The van der Waals surface area contributed by atoms with E-state index in [-0.39, 0.29) is 0 Å². The molecule has 0 aliphatic carbocycles. The van der Waals surface area contributed by atoms with Crippen LogP contribution in [0.25, 0.3) is 0 Å². The first kappa shape index (κ1) is 22.8. The minimum Gasteiger partial charge on any atom is -0.472 e. The van der Waals surface area contributed by atoms with Crippen molar-refractivity contribution in [1.29, 1.82) is 0 Å². The summed E-state index contributed by atoms with van der Waals surface area (Å²) in [5.74, 6) is 3.62. The van der Waals surface area contributed by atoms with Crippen LogP contribution in [0, 0.1) is 11.8 Å². The van der Waals surface area contributed by atoms with Crippen LogP contribution in [-0.4, -0.2) is 17.6 Å². The van der Waals surface area contributed by atoms with Crippen molar-refractivity contribution in [3.05, 3.63) is 42.0 Å². The molecular weight excluding hydrogens is 334 g/mol. The largest absolute Gasteiger partial charge is 0.472 e.